The summed E-state index contributed by atoms with van der Waals surface area (Å²) in [7, 11) is 1.14. The second-order valence-electron chi connectivity index (χ2n) is 3.05. The highest BCUT2D eigenvalue weighted by molar-refractivity contribution is 7.84. The minimum Gasteiger partial charge on any atom is -0.354 e. The Morgan fingerprint density at radius 2 is 2.46 bits per heavy atom. The number of hydrogen-bond acceptors (Lipinski definition) is 3. The van der Waals surface area contributed by atoms with E-state index in [-0.39, 0.29) is 5.25 Å². The fraction of sp³-hybridized carbons (Fsp3) is 0.625. The lowest BCUT2D eigenvalue weighted by molar-refractivity contribution is 0.678. The van der Waals surface area contributed by atoms with Gasteiger partial charge in [0.25, 0.3) is 0 Å². The van der Waals surface area contributed by atoms with Crippen LogP contribution in [-0.4, -0.2) is 31.8 Å². The third-order valence-corrected chi connectivity index (χ3v) is 3.24. The van der Waals surface area contributed by atoms with Crippen LogP contribution in [0.4, 0.5) is 5.95 Å². The van der Waals surface area contributed by atoms with Crippen LogP contribution in [0.25, 0.3) is 0 Å². The summed E-state index contributed by atoms with van der Waals surface area (Å²) in [6.07, 6.45) is 5.32. The molecule has 1 rings (SSSR count). The Hall–Kier alpha value is -0.840. The number of hydrogen-bond donors (Lipinski definition) is 1. The second-order valence-corrected chi connectivity index (χ2v) is 4.85. The smallest absolute Gasteiger partial charge is 0.202 e. The van der Waals surface area contributed by atoms with Gasteiger partial charge in [0.2, 0.25) is 5.95 Å². The summed E-state index contributed by atoms with van der Waals surface area (Å²) < 4.78 is 12.9. The van der Waals surface area contributed by atoms with Crippen LogP contribution < -0.4 is 5.32 Å². The van der Waals surface area contributed by atoms with Gasteiger partial charge in [-0.2, -0.15) is 0 Å². The molecule has 4 nitrogen and oxygen atoms in total. The molecule has 0 radical (unpaired) electrons. The van der Waals surface area contributed by atoms with Crippen LogP contribution in [0.5, 0.6) is 0 Å². The molecule has 1 heterocycles. The van der Waals surface area contributed by atoms with Gasteiger partial charge < -0.3 is 9.88 Å². The van der Waals surface area contributed by atoms with Crippen molar-refractivity contribution < 1.29 is 4.21 Å². The van der Waals surface area contributed by atoms with E-state index >= 15 is 0 Å². The van der Waals surface area contributed by atoms with E-state index in [2.05, 4.69) is 10.3 Å². The summed E-state index contributed by atoms with van der Waals surface area (Å²) in [5.41, 5.74) is 0. The van der Waals surface area contributed by atoms with Crippen molar-refractivity contribution in [3.8, 4) is 0 Å². The molecule has 0 aliphatic heterocycles. The molecule has 0 aromatic carbocycles. The van der Waals surface area contributed by atoms with Crippen molar-refractivity contribution in [3.63, 3.8) is 0 Å². The highest BCUT2D eigenvalue weighted by Gasteiger charge is 2.06. The number of anilines is 1. The summed E-state index contributed by atoms with van der Waals surface area (Å²) >= 11 is 0. The lowest BCUT2D eigenvalue weighted by atomic mass is 10.5. The summed E-state index contributed by atoms with van der Waals surface area (Å²) in [6.45, 7) is 2.64. The van der Waals surface area contributed by atoms with Crippen LogP contribution in [0.15, 0.2) is 12.4 Å². The first-order chi connectivity index (χ1) is 6.11. The van der Waals surface area contributed by atoms with E-state index in [1.54, 1.807) is 12.5 Å². The minimum absolute atomic E-state index is 0.150. The fourth-order valence-electron chi connectivity index (χ4n) is 0.888. The van der Waals surface area contributed by atoms with Crippen molar-refractivity contribution in [3.05, 3.63) is 12.4 Å². The molecule has 2 unspecified atom stereocenters. The summed E-state index contributed by atoms with van der Waals surface area (Å²) in [6, 6.07) is 0. The van der Waals surface area contributed by atoms with E-state index < -0.39 is 10.8 Å². The molecular formula is C8H15N3OS. The molecule has 2 atom stereocenters. The zero-order valence-electron chi connectivity index (χ0n) is 8.15. The maximum absolute atomic E-state index is 11.0. The van der Waals surface area contributed by atoms with Crippen LogP contribution in [-0.2, 0) is 17.8 Å². The van der Waals surface area contributed by atoms with Gasteiger partial charge in [0.15, 0.2) is 0 Å². The Morgan fingerprint density at radius 3 is 2.92 bits per heavy atom. The first kappa shape index (κ1) is 10.2. The largest absolute Gasteiger partial charge is 0.354 e. The Labute approximate surface area is 80.8 Å². The number of nitrogens with zero attached hydrogens (tertiary/aromatic N) is 2. The third kappa shape index (κ3) is 2.84. The van der Waals surface area contributed by atoms with Gasteiger partial charge in [-0.1, -0.05) is 0 Å². The number of aromatic nitrogens is 2. The predicted octanol–water partition coefficient (Wildman–Crippen LogP) is 0.599. The topological polar surface area (TPSA) is 46.9 Å². The lowest BCUT2D eigenvalue weighted by Gasteiger charge is -2.10. The molecule has 0 amide bonds. The SMILES string of the molecule is CC(CNc1nccn1C)S(C)=O. The van der Waals surface area contributed by atoms with Crippen molar-refractivity contribution in [2.45, 2.75) is 12.2 Å². The Balaban J connectivity index is 2.44. The van der Waals surface area contributed by atoms with Crippen LogP contribution in [0, 0.1) is 0 Å². The molecule has 0 saturated carbocycles. The molecule has 0 aliphatic rings. The van der Waals surface area contributed by atoms with Crippen LogP contribution >= 0.6 is 0 Å². The molecule has 0 fully saturated rings. The molecule has 0 aliphatic carbocycles. The van der Waals surface area contributed by atoms with Crippen LogP contribution in [0.1, 0.15) is 6.92 Å². The molecule has 1 aromatic rings. The van der Waals surface area contributed by atoms with Gasteiger partial charge >= 0.3 is 0 Å². The van der Waals surface area contributed by atoms with Gasteiger partial charge in [0.1, 0.15) is 0 Å². The van der Waals surface area contributed by atoms with E-state index in [0.29, 0.717) is 6.54 Å². The Morgan fingerprint density at radius 1 is 1.77 bits per heavy atom. The zero-order valence-corrected chi connectivity index (χ0v) is 8.97. The molecule has 1 aromatic heterocycles. The van der Waals surface area contributed by atoms with Gasteiger partial charge in [-0.05, 0) is 6.92 Å². The number of aryl methyl sites for hydroxylation is 1. The van der Waals surface area contributed by atoms with Crippen molar-refractivity contribution >= 4 is 16.7 Å². The summed E-state index contributed by atoms with van der Waals surface area (Å²) in [4.78, 5) is 4.10. The lowest BCUT2D eigenvalue weighted by Crippen LogP contribution is -2.21. The number of nitrogens with one attached hydrogen (secondary N) is 1. The maximum atomic E-state index is 11.0. The van der Waals surface area contributed by atoms with Crippen molar-refractivity contribution in [2.24, 2.45) is 7.05 Å². The molecule has 13 heavy (non-hydrogen) atoms. The highest BCUT2D eigenvalue weighted by atomic mass is 32.2. The molecular weight excluding hydrogens is 186 g/mol. The Bertz CT molecular complexity index is 297. The molecule has 5 heteroatoms. The molecule has 0 saturated heterocycles. The summed E-state index contributed by atoms with van der Waals surface area (Å²) in [5, 5.41) is 3.28. The minimum atomic E-state index is -0.778. The van der Waals surface area contributed by atoms with Crippen molar-refractivity contribution in [1.82, 2.24) is 9.55 Å². The van der Waals surface area contributed by atoms with Gasteiger partial charge in [0.05, 0.1) is 0 Å². The maximum Gasteiger partial charge on any atom is 0.202 e. The van der Waals surface area contributed by atoms with E-state index in [1.165, 1.54) is 0 Å². The van der Waals surface area contributed by atoms with Crippen molar-refractivity contribution in [2.75, 3.05) is 18.1 Å². The zero-order chi connectivity index (χ0) is 9.84. The normalized spacial score (nSPS) is 15.3. The average Bonchev–Trinajstić information content (AvgIpc) is 2.47. The van der Waals surface area contributed by atoms with Gasteiger partial charge in [-0.25, -0.2) is 4.98 Å². The number of imidazole rings is 1. The molecule has 0 spiro atoms. The first-order valence-electron chi connectivity index (χ1n) is 4.14. The standard InChI is InChI=1S/C8H15N3OS/c1-7(13(3)12)6-10-8-9-4-5-11(8)2/h4-5,7H,6H2,1-3H3,(H,9,10). The van der Waals surface area contributed by atoms with E-state index in [4.69, 9.17) is 0 Å². The molecule has 0 bridgehead atoms. The van der Waals surface area contributed by atoms with Crippen molar-refractivity contribution in [1.29, 1.82) is 0 Å². The predicted molar refractivity (Wildman–Crippen MR) is 55.2 cm³/mol. The van der Waals surface area contributed by atoms with Crippen LogP contribution in [0.3, 0.4) is 0 Å². The number of rotatable bonds is 4. The van der Waals surface area contributed by atoms with E-state index in [9.17, 15) is 4.21 Å². The second kappa shape index (κ2) is 4.41. The third-order valence-electron chi connectivity index (χ3n) is 1.94. The van der Waals surface area contributed by atoms with Crippen LogP contribution in [0.2, 0.25) is 0 Å². The average molecular weight is 201 g/mol. The van der Waals surface area contributed by atoms with E-state index in [0.717, 1.165) is 5.95 Å². The van der Waals surface area contributed by atoms with Gasteiger partial charge in [-0.15, -0.1) is 0 Å². The van der Waals surface area contributed by atoms with Gasteiger partial charge in [0, 0.05) is 48.3 Å². The molecule has 74 valence electrons. The quantitative estimate of drug-likeness (QED) is 0.776. The monoisotopic (exact) mass is 201 g/mol. The first-order valence-corrected chi connectivity index (χ1v) is 5.77. The fourth-order valence-corrected chi connectivity index (χ4v) is 1.21. The Kier molecular flexibility index (Phi) is 3.48. The van der Waals surface area contributed by atoms with Gasteiger partial charge in [-0.3, -0.25) is 4.21 Å². The van der Waals surface area contributed by atoms with E-state index in [1.807, 2.05) is 24.7 Å². The summed E-state index contributed by atoms with van der Waals surface area (Å²) in [5.74, 6) is 0.817. The highest BCUT2D eigenvalue weighted by Crippen LogP contribution is 2.01. The molecule has 1 N–H and O–H groups in total.